The molecular formula is C19H19N3O3S. The van der Waals surface area contributed by atoms with Crippen LogP contribution in [0, 0.1) is 0 Å². The van der Waals surface area contributed by atoms with Crippen molar-refractivity contribution in [2.45, 2.75) is 4.90 Å². The fourth-order valence-corrected chi connectivity index (χ4v) is 4.53. The summed E-state index contributed by atoms with van der Waals surface area (Å²) in [6.45, 7) is 1.53. The minimum absolute atomic E-state index is 0.217. The molecule has 4 rings (SSSR count). The van der Waals surface area contributed by atoms with Crippen LogP contribution in [-0.4, -0.2) is 48.8 Å². The maximum Gasteiger partial charge on any atom is 0.247 e. The molecular weight excluding hydrogens is 350 g/mol. The molecule has 0 N–H and O–H groups in total. The third-order valence-electron chi connectivity index (χ3n) is 4.34. The summed E-state index contributed by atoms with van der Waals surface area (Å²) in [4.78, 5) is 0.217. The molecule has 1 saturated heterocycles. The predicted octanol–water partition coefficient (Wildman–Crippen LogP) is 2.56. The molecule has 0 amide bonds. The molecule has 0 unspecified atom stereocenters. The van der Waals surface area contributed by atoms with Crippen LogP contribution in [0.4, 0.5) is 0 Å². The van der Waals surface area contributed by atoms with Gasteiger partial charge in [-0.1, -0.05) is 48.5 Å². The molecule has 0 radical (unpaired) electrons. The molecule has 0 aliphatic carbocycles. The molecule has 0 spiro atoms. The van der Waals surface area contributed by atoms with E-state index < -0.39 is 10.0 Å². The fourth-order valence-electron chi connectivity index (χ4n) is 2.98. The largest absolute Gasteiger partial charge is 0.379 e. The number of morpholine rings is 1. The molecule has 0 saturated carbocycles. The standard InChI is InChI=1S/C19H19N3O3S/c23-26(24,21-11-13-25-14-12-21)18-15-22(17-9-5-2-6-10-17)20-19(18)16-7-3-1-4-8-16/h1-10,15H,11-14H2. The summed E-state index contributed by atoms with van der Waals surface area (Å²) < 4.78 is 34.9. The highest BCUT2D eigenvalue weighted by molar-refractivity contribution is 7.89. The third kappa shape index (κ3) is 3.16. The Balaban J connectivity index is 1.86. The number of benzene rings is 2. The maximum atomic E-state index is 13.2. The van der Waals surface area contributed by atoms with Crippen molar-refractivity contribution in [2.24, 2.45) is 0 Å². The molecule has 6 nitrogen and oxygen atoms in total. The first-order chi connectivity index (χ1) is 12.7. The van der Waals surface area contributed by atoms with Crippen LogP contribution in [0.25, 0.3) is 16.9 Å². The number of aromatic nitrogens is 2. The smallest absolute Gasteiger partial charge is 0.247 e. The minimum Gasteiger partial charge on any atom is -0.379 e. The zero-order valence-corrected chi connectivity index (χ0v) is 15.0. The first-order valence-electron chi connectivity index (χ1n) is 8.45. The Bertz CT molecular complexity index is 979. The zero-order valence-electron chi connectivity index (χ0n) is 14.2. The van der Waals surface area contributed by atoms with E-state index in [1.54, 1.807) is 10.9 Å². The number of nitrogens with zero attached hydrogens (tertiary/aromatic N) is 3. The van der Waals surface area contributed by atoms with E-state index in [1.807, 2.05) is 60.7 Å². The Morgan fingerprint density at radius 2 is 1.50 bits per heavy atom. The van der Waals surface area contributed by atoms with Gasteiger partial charge in [0.05, 0.1) is 25.1 Å². The lowest BCUT2D eigenvalue weighted by Gasteiger charge is -2.25. The topological polar surface area (TPSA) is 64.4 Å². The van der Waals surface area contributed by atoms with Crippen LogP contribution in [0.1, 0.15) is 0 Å². The Kier molecular flexibility index (Phi) is 4.58. The monoisotopic (exact) mass is 369 g/mol. The van der Waals surface area contributed by atoms with Crippen molar-refractivity contribution in [2.75, 3.05) is 26.3 Å². The minimum atomic E-state index is -3.66. The number of rotatable bonds is 4. The van der Waals surface area contributed by atoms with Crippen LogP contribution in [-0.2, 0) is 14.8 Å². The van der Waals surface area contributed by atoms with Gasteiger partial charge < -0.3 is 4.74 Å². The SMILES string of the molecule is O=S(=O)(c1cn(-c2ccccc2)nc1-c1ccccc1)N1CCOCC1. The number of para-hydroxylation sites is 1. The van der Waals surface area contributed by atoms with Crippen molar-refractivity contribution < 1.29 is 13.2 Å². The fraction of sp³-hybridized carbons (Fsp3) is 0.211. The first-order valence-corrected chi connectivity index (χ1v) is 9.89. The summed E-state index contributed by atoms with van der Waals surface area (Å²) in [5, 5.41) is 4.59. The van der Waals surface area contributed by atoms with E-state index in [9.17, 15) is 8.42 Å². The van der Waals surface area contributed by atoms with Crippen LogP contribution in [0.5, 0.6) is 0 Å². The molecule has 1 aromatic heterocycles. The molecule has 2 heterocycles. The van der Waals surface area contributed by atoms with Crippen LogP contribution in [0.2, 0.25) is 0 Å². The van der Waals surface area contributed by atoms with E-state index in [0.717, 1.165) is 11.3 Å². The van der Waals surface area contributed by atoms with Gasteiger partial charge in [0.15, 0.2) is 0 Å². The van der Waals surface area contributed by atoms with Gasteiger partial charge in [0.1, 0.15) is 10.6 Å². The molecule has 26 heavy (non-hydrogen) atoms. The molecule has 1 fully saturated rings. The van der Waals surface area contributed by atoms with Crippen LogP contribution in [0.3, 0.4) is 0 Å². The Hall–Kier alpha value is -2.48. The molecule has 0 atom stereocenters. The van der Waals surface area contributed by atoms with Gasteiger partial charge in [-0.15, -0.1) is 0 Å². The second-order valence-electron chi connectivity index (χ2n) is 6.00. The summed E-state index contributed by atoms with van der Waals surface area (Å²) >= 11 is 0. The van der Waals surface area contributed by atoms with Gasteiger partial charge >= 0.3 is 0 Å². The maximum absolute atomic E-state index is 13.2. The van der Waals surface area contributed by atoms with E-state index >= 15 is 0 Å². The lowest BCUT2D eigenvalue weighted by Crippen LogP contribution is -2.40. The second kappa shape index (κ2) is 7.03. The molecule has 2 aromatic carbocycles. The number of ether oxygens (including phenoxy) is 1. The van der Waals surface area contributed by atoms with Crippen LogP contribution >= 0.6 is 0 Å². The molecule has 1 aliphatic rings. The number of hydrogen-bond donors (Lipinski definition) is 0. The van der Waals surface area contributed by atoms with E-state index in [1.165, 1.54) is 4.31 Å². The van der Waals surface area contributed by atoms with Gasteiger partial charge in [0.25, 0.3) is 0 Å². The van der Waals surface area contributed by atoms with Crippen LogP contribution in [0.15, 0.2) is 71.8 Å². The Morgan fingerprint density at radius 1 is 0.885 bits per heavy atom. The molecule has 0 bridgehead atoms. The summed E-state index contributed by atoms with van der Waals surface area (Å²) in [6.07, 6.45) is 1.60. The molecule has 3 aromatic rings. The number of sulfonamides is 1. The lowest BCUT2D eigenvalue weighted by atomic mass is 10.2. The van der Waals surface area contributed by atoms with Crippen molar-refractivity contribution in [3.63, 3.8) is 0 Å². The van der Waals surface area contributed by atoms with E-state index in [0.29, 0.717) is 32.0 Å². The van der Waals surface area contributed by atoms with Gasteiger partial charge in [-0.2, -0.15) is 9.40 Å². The second-order valence-corrected chi connectivity index (χ2v) is 7.91. The normalized spacial score (nSPS) is 15.8. The molecule has 1 aliphatic heterocycles. The van der Waals surface area contributed by atoms with Gasteiger partial charge in [-0.25, -0.2) is 13.1 Å². The third-order valence-corrected chi connectivity index (χ3v) is 6.24. The van der Waals surface area contributed by atoms with E-state index in [-0.39, 0.29) is 4.90 Å². The van der Waals surface area contributed by atoms with Gasteiger partial charge in [-0.3, -0.25) is 0 Å². The summed E-state index contributed by atoms with van der Waals surface area (Å²) in [5.74, 6) is 0. The zero-order chi connectivity index (χ0) is 18.0. The van der Waals surface area contributed by atoms with Gasteiger partial charge in [0.2, 0.25) is 10.0 Å². The van der Waals surface area contributed by atoms with Crippen molar-refractivity contribution in [3.05, 3.63) is 66.9 Å². The highest BCUT2D eigenvalue weighted by atomic mass is 32.2. The highest BCUT2D eigenvalue weighted by Gasteiger charge is 2.31. The summed E-state index contributed by atoms with van der Waals surface area (Å²) in [7, 11) is -3.66. The quantitative estimate of drug-likeness (QED) is 0.709. The number of hydrogen-bond acceptors (Lipinski definition) is 4. The molecule has 7 heteroatoms. The van der Waals surface area contributed by atoms with E-state index in [2.05, 4.69) is 5.10 Å². The van der Waals surface area contributed by atoms with Crippen molar-refractivity contribution in [3.8, 4) is 16.9 Å². The average molecular weight is 369 g/mol. The van der Waals surface area contributed by atoms with Crippen molar-refractivity contribution in [1.29, 1.82) is 0 Å². The highest BCUT2D eigenvalue weighted by Crippen LogP contribution is 2.29. The van der Waals surface area contributed by atoms with Crippen molar-refractivity contribution >= 4 is 10.0 Å². The average Bonchev–Trinajstić information content (AvgIpc) is 3.16. The van der Waals surface area contributed by atoms with Gasteiger partial charge in [0, 0.05) is 18.7 Å². The molecule has 134 valence electrons. The van der Waals surface area contributed by atoms with Crippen LogP contribution < -0.4 is 0 Å². The van der Waals surface area contributed by atoms with E-state index in [4.69, 9.17) is 4.74 Å². The predicted molar refractivity (Wildman–Crippen MR) is 98.6 cm³/mol. The van der Waals surface area contributed by atoms with Crippen molar-refractivity contribution in [1.82, 2.24) is 14.1 Å². The van der Waals surface area contributed by atoms with Gasteiger partial charge in [-0.05, 0) is 12.1 Å². The summed E-state index contributed by atoms with van der Waals surface area (Å²) in [5.41, 5.74) is 2.04. The first kappa shape index (κ1) is 17.0. The summed E-state index contributed by atoms with van der Waals surface area (Å²) in [6, 6.07) is 18.9. The lowest BCUT2D eigenvalue weighted by molar-refractivity contribution is 0.0730. The Morgan fingerprint density at radius 3 is 2.15 bits per heavy atom. The Labute approximate surface area is 152 Å².